The summed E-state index contributed by atoms with van der Waals surface area (Å²) in [5, 5.41) is 12.1. The maximum absolute atomic E-state index is 5.32. The molecule has 8 aromatic carbocycles. The van der Waals surface area contributed by atoms with Crippen LogP contribution in [0.25, 0.3) is 103 Å². The zero-order valence-corrected chi connectivity index (χ0v) is 27.7. The number of hydrogen-bond acceptors (Lipinski definition) is 3. The number of benzene rings is 8. The molecular formula is C46H27N3S. The van der Waals surface area contributed by atoms with E-state index >= 15 is 0 Å². The number of fused-ring (bicyclic) bond motifs is 9. The van der Waals surface area contributed by atoms with Gasteiger partial charge in [0.2, 0.25) is 0 Å². The summed E-state index contributed by atoms with van der Waals surface area (Å²) in [6.07, 6.45) is 0. The zero-order valence-electron chi connectivity index (χ0n) is 26.8. The Kier molecular flexibility index (Phi) is 5.83. The third-order valence-electron chi connectivity index (χ3n) is 10.1. The second-order valence-corrected chi connectivity index (χ2v) is 14.1. The molecule has 3 nitrogen and oxygen atoms in total. The van der Waals surface area contributed by atoms with Crippen LogP contribution in [0.2, 0.25) is 0 Å². The second kappa shape index (κ2) is 10.6. The molecule has 0 saturated heterocycles. The summed E-state index contributed by atoms with van der Waals surface area (Å²) in [6.45, 7) is 0. The predicted molar refractivity (Wildman–Crippen MR) is 213 cm³/mol. The number of nitrogens with zero attached hydrogens (tertiary/aromatic N) is 3. The molecule has 0 radical (unpaired) electrons. The molecule has 4 heteroatoms. The average Bonchev–Trinajstić information content (AvgIpc) is 3.71. The summed E-state index contributed by atoms with van der Waals surface area (Å²) in [5.74, 6) is 0.743. The van der Waals surface area contributed by atoms with Gasteiger partial charge in [0.25, 0.3) is 0 Å². The van der Waals surface area contributed by atoms with Gasteiger partial charge in [-0.25, -0.2) is 9.97 Å². The van der Waals surface area contributed by atoms with Crippen LogP contribution in [0, 0.1) is 0 Å². The van der Waals surface area contributed by atoms with Gasteiger partial charge in [-0.2, -0.15) is 0 Å². The topological polar surface area (TPSA) is 30.7 Å². The van der Waals surface area contributed by atoms with Crippen molar-refractivity contribution in [2.75, 3.05) is 0 Å². The molecule has 0 amide bonds. The molecule has 11 aromatic rings. The Labute approximate surface area is 291 Å². The first kappa shape index (κ1) is 27.6. The first-order valence-corrected chi connectivity index (χ1v) is 17.7. The van der Waals surface area contributed by atoms with Crippen LogP contribution in [0.3, 0.4) is 0 Å². The maximum atomic E-state index is 5.32. The number of para-hydroxylation sites is 1. The molecule has 232 valence electrons. The Morgan fingerprint density at radius 2 is 1.04 bits per heavy atom. The lowest BCUT2D eigenvalue weighted by atomic mass is 10.0. The Morgan fingerprint density at radius 1 is 0.420 bits per heavy atom. The second-order valence-electron chi connectivity index (χ2n) is 13.1. The van der Waals surface area contributed by atoms with Crippen LogP contribution in [0.1, 0.15) is 0 Å². The Bertz CT molecular complexity index is 3170. The van der Waals surface area contributed by atoms with E-state index in [0.29, 0.717) is 0 Å². The normalized spacial score (nSPS) is 12.0. The summed E-state index contributed by atoms with van der Waals surface area (Å²) in [4.78, 5) is 11.5. The number of thiophene rings is 1. The average molecular weight is 654 g/mol. The summed E-state index contributed by atoms with van der Waals surface area (Å²) in [5.41, 5.74) is 6.66. The van der Waals surface area contributed by atoms with E-state index in [-0.39, 0.29) is 0 Å². The van der Waals surface area contributed by atoms with Crippen molar-refractivity contribution in [2.24, 2.45) is 0 Å². The number of rotatable bonds is 3. The SMILES string of the molecule is c1ccc2cc(-c3nc(-c4ccc5cc(-n6c7ccccc7c7cc8ccccc8cc76)ccc5c4)nc4sc5ccccc5c34)ccc2c1. The van der Waals surface area contributed by atoms with Gasteiger partial charge in [0.1, 0.15) is 4.83 Å². The van der Waals surface area contributed by atoms with Crippen LogP contribution in [0.15, 0.2) is 164 Å². The summed E-state index contributed by atoms with van der Waals surface area (Å²) in [6, 6.07) is 59.1. The Hall–Kier alpha value is -6.36. The van der Waals surface area contributed by atoms with E-state index < -0.39 is 0 Å². The van der Waals surface area contributed by atoms with Crippen molar-refractivity contribution in [3.05, 3.63) is 164 Å². The highest BCUT2D eigenvalue weighted by molar-refractivity contribution is 7.25. The molecule has 3 heterocycles. The molecule has 0 unspecified atom stereocenters. The lowest BCUT2D eigenvalue weighted by Crippen LogP contribution is -1.95. The van der Waals surface area contributed by atoms with Crippen molar-refractivity contribution < 1.29 is 0 Å². The van der Waals surface area contributed by atoms with Crippen LogP contribution in [0.4, 0.5) is 0 Å². The van der Waals surface area contributed by atoms with Gasteiger partial charge in [0.15, 0.2) is 5.82 Å². The highest BCUT2D eigenvalue weighted by atomic mass is 32.1. The molecule has 0 bridgehead atoms. The first-order valence-electron chi connectivity index (χ1n) is 16.9. The zero-order chi connectivity index (χ0) is 32.8. The highest BCUT2D eigenvalue weighted by Gasteiger charge is 2.18. The molecule has 11 rings (SSSR count). The Morgan fingerprint density at radius 3 is 1.92 bits per heavy atom. The van der Waals surface area contributed by atoms with E-state index in [1.165, 1.54) is 58.8 Å². The van der Waals surface area contributed by atoms with Crippen LogP contribution in [-0.4, -0.2) is 14.5 Å². The van der Waals surface area contributed by atoms with E-state index in [0.717, 1.165) is 43.9 Å². The fourth-order valence-electron chi connectivity index (χ4n) is 7.74. The maximum Gasteiger partial charge on any atom is 0.161 e. The van der Waals surface area contributed by atoms with E-state index in [2.05, 4.69) is 168 Å². The molecule has 0 saturated carbocycles. The van der Waals surface area contributed by atoms with Gasteiger partial charge in [-0.15, -0.1) is 11.3 Å². The molecule has 50 heavy (non-hydrogen) atoms. The summed E-state index contributed by atoms with van der Waals surface area (Å²) < 4.78 is 3.62. The molecule has 3 aromatic heterocycles. The number of hydrogen-bond donors (Lipinski definition) is 0. The van der Waals surface area contributed by atoms with Crippen molar-refractivity contribution in [3.8, 4) is 28.3 Å². The fourth-order valence-corrected chi connectivity index (χ4v) is 8.82. The van der Waals surface area contributed by atoms with Gasteiger partial charge in [0.05, 0.1) is 16.7 Å². The van der Waals surface area contributed by atoms with Crippen molar-refractivity contribution in [1.82, 2.24) is 14.5 Å². The van der Waals surface area contributed by atoms with Gasteiger partial charge in [0, 0.05) is 43.1 Å². The minimum Gasteiger partial charge on any atom is -0.309 e. The third kappa shape index (κ3) is 4.16. The minimum atomic E-state index is 0.743. The Balaban J connectivity index is 1.08. The van der Waals surface area contributed by atoms with Crippen molar-refractivity contribution in [3.63, 3.8) is 0 Å². The van der Waals surface area contributed by atoms with Crippen LogP contribution in [0.5, 0.6) is 0 Å². The van der Waals surface area contributed by atoms with Gasteiger partial charge in [-0.1, -0.05) is 115 Å². The van der Waals surface area contributed by atoms with E-state index in [1.807, 2.05) is 0 Å². The third-order valence-corrected chi connectivity index (χ3v) is 11.2. The van der Waals surface area contributed by atoms with Gasteiger partial charge in [-0.3, -0.25) is 0 Å². The largest absolute Gasteiger partial charge is 0.309 e. The minimum absolute atomic E-state index is 0.743. The van der Waals surface area contributed by atoms with Crippen LogP contribution < -0.4 is 0 Å². The summed E-state index contributed by atoms with van der Waals surface area (Å²) >= 11 is 1.74. The quantitative estimate of drug-likeness (QED) is 0.190. The van der Waals surface area contributed by atoms with Crippen LogP contribution >= 0.6 is 11.3 Å². The fraction of sp³-hybridized carbons (Fsp3) is 0. The molecule has 0 aliphatic rings. The lowest BCUT2D eigenvalue weighted by molar-refractivity contribution is 1.19. The van der Waals surface area contributed by atoms with Gasteiger partial charge >= 0.3 is 0 Å². The van der Waals surface area contributed by atoms with Gasteiger partial charge < -0.3 is 4.57 Å². The van der Waals surface area contributed by atoms with E-state index in [9.17, 15) is 0 Å². The molecular weight excluding hydrogens is 627 g/mol. The van der Waals surface area contributed by atoms with Crippen LogP contribution in [-0.2, 0) is 0 Å². The highest BCUT2D eigenvalue weighted by Crippen LogP contribution is 2.41. The molecule has 0 aliphatic carbocycles. The number of aromatic nitrogens is 3. The first-order chi connectivity index (χ1) is 24.7. The molecule has 0 fully saturated rings. The van der Waals surface area contributed by atoms with Gasteiger partial charge in [-0.05, 0) is 80.8 Å². The van der Waals surface area contributed by atoms with Crippen molar-refractivity contribution in [1.29, 1.82) is 0 Å². The van der Waals surface area contributed by atoms with Crippen molar-refractivity contribution in [2.45, 2.75) is 0 Å². The summed E-state index contributed by atoms with van der Waals surface area (Å²) in [7, 11) is 0. The monoisotopic (exact) mass is 653 g/mol. The van der Waals surface area contributed by atoms with Crippen molar-refractivity contribution >= 4 is 85.8 Å². The predicted octanol–water partition coefficient (Wildman–Crippen LogP) is 12.7. The smallest absolute Gasteiger partial charge is 0.161 e. The van der Waals surface area contributed by atoms with E-state index in [1.54, 1.807) is 11.3 Å². The molecule has 0 N–H and O–H groups in total. The standard InChI is InChI=1S/C46H27N3S/c1-2-10-29-23-34(19-17-28(29)9-1)44-43-38-14-6-8-16-42(38)50-46(43)48-45(47-44)35-20-18-33-25-36(22-21-32(33)24-35)49-40-15-7-5-13-37(40)39-26-30-11-3-4-12-31(30)27-41(39)49/h1-27H. The van der Waals surface area contributed by atoms with E-state index in [4.69, 9.17) is 9.97 Å². The molecule has 0 atom stereocenters. The molecule has 0 aliphatic heterocycles. The molecule has 0 spiro atoms. The lowest BCUT2D eigenvalue weighted by Gasteiger charge is -2.11.